The summed E-state index contributed by atoms with van der Waals surface area (Å²) in [5.41, 5.74) is 1.08. The van der Waals surface area contributed by atoms with E-state index in [1.54, 1.807) is 44.2 Å². The lowest BCUT2D eigenvalue weighted by molar-refractivity contribution is -0.117. The number of ketones is 2. The molecule has 5 rings (SSSR count). The standard InChI is InChI=1S/C27H22N2O7S/c1-4-35-19-12-16(9-10-17(19)31)22-21(23(32)20-11-15-7-5-6-8-18(15)36-20)24(33)26(34)29(22)27-28-13(2)25(37-27)14(3)30/h5-12,22,31,33H,4H2,1-3H3/t22-/m0/s1. The van der Waals surface area contributed by atoms with Crippen molar-refractivity contribution in [2.24, 2.45) is 0 Å². The Morgan fingerprint density at radius 2 is 1.92 bits per heavy atom. The van der Waals surface area contributed by atoms with Crippen molar-refractivity contribution in [2.75, 3.05) is 11.5 Å². The van der Waals surface area contributed by atoms with Gasteiger partial charge in [-0.1, -0.05) is 35.6 Å². The van der Waals surface area contributed by atoms with E-state index in [-0.39, 0.29) is 40.4 Å². The lowest BCUT2D eigenvalue weighted by atomic mass is 9.95. The zero-order valence-corrected chi connectivity index (χ0v) is 21.0. The van der Waals surface area contributed by atoms with Gasteiger partial charge < -0.3 is 19.4 Å². The summed E-state index contributed by atoms with van der Waals surface area (Å²) in [4.78, 5) is 45.2. The molecule has 9 nitrogen and oxygen atoms in total. The van der Waals surface area contributed by atoms with E-state index in [0.29, 0.717) is 27.1 Å². The molecule has 0 unspecified atom stereocenters. The number of hydrogen-bond acceptors (Lipinski definition) is 9. The zero-order valence-electron chi connectivity index (χ0n) is 20.1. The van der Waals surface area contributed by atoms with Gasteiger partial charge in [0.2, 0.25) is 5.78 Å². The zero-order chi connectivity index (χ0) is 26.4. The van der Waals surface area contributed by atoms with Gasteiger partial charge in [-0.15, -0.1) is 0 Å². The number of aromatic nitrogens is 1. The van der Waals surface area contributed by atoms with Crippen molar-refractivity contribution in [2.45, 2.75) is 26.8 Å². The summed E-state index contributed by atoms with van der Waals surface area (Å²) in [6, 6.07) is 11.9. The molecule has 0 saturated carbocycles. The van der Waals surface area contributed by atoms with E-state index < -0.39 is 23.5 Å². The van der Waals surface area contributed by atoms with Crippen molar-refractivity contribution in [1.29, 1.82) is 0 Å². The van der Waals surface area contributed by atoms with Crippen molar-refractivity contribution >= 4 is 44.9 Å². The molecule has 0 spiro atoms. The summed E-state index contributed by atoms with van der Waals surface area (Å²) < 4.78 is 11.3. The number of benzene rings is 2. The minimum Gasteiger partial charge on any atom is -0.504 e. The molecule has 10 heteroatoms. The number of thiazole rings is 1. The monoisotopic (exact) mass is 518 g/mol. The van der Waals surface area contributed by atoms with Gasteiger partial charge >= 0.3 is 0 Å². The highest BCUT2D eigenvalue weighted by molar-refractivity contribution is 7.17. The third kappa shape index (κ3) is 4.05. The van der Waals surface area contributed by atoms with Crippen LogP contribution in [0.4, 0.5) is 5.13 Å². The number of para-hydroxylation sites is 1. The molecule has 2 aromatic carbocycles. The molecule has 0 bridgehead atoms. The van der Waals surface area contributed by atoms with E-state index in [4.69, 9.17) is 9.15 Å². The molecule has 37 heavy (non-hydrogen) atoms. The fourth-order valence-electron chi connectivity index (χ4n) is 4.36. The number of ether oxygens (including phenoxy) is 1. The molecule has 1 amide bonds. The molecule has 4 aromatic rings. The Kier molecular flexibility index (Phi) is 6.04. The van der Waals surface area contributed by atoms with E-state index >= 15 is 0 Å². The quantitative estimate of drug-likeness (QED) is 0.316. The average molecular weight is 519 g/mol. The van der Waals surface area contributed by atoms with Gasteiger partial charge in [-0.2, -0.15) is 0 Å². The van der Waals surface area contributed by atoms with Crippen molar-refractivity contribution in [1.82, 2.24) is 4.98 Å². The summed E-state index contributed by atoms with van der Waals surface area (Å²) in [7, 11) is 0. The van der Waals surface area contributed by atoms with Gasteiger partial charge in [-0.3, -0.25) is 19.3 Å². The summed E-state index contributed by atoms with van der Waals surface area (Å²) in [6.45, 7) is 5.06. The van der Waals surface area contributed by atoms with Gasteiger partial charge in [0.15, 0.2) is 33.9 Å². The Morgan fingerprint density at radius 1 is 1.16 bits per heavy atom. The number of fused-ring (bicyclic) bond motifs is 1. The summed E-state index contributed by atoms with van der Waals surface area (Å²) in [6.07, 6.45) is 0. The van der Waals surface area contributed by atoms with Gasteiger partial charge in [0, 0.05) is 12.3 Å². The number of furan rings is 1. The van der Waals surface area contributed by atoms with Crippen LogP contribution >= 0.6 is 11.3 Å². The minimum atomic E-state index is -1.13. The van der Waals surface area contributed by atoms with E-state index in [1.807, 2.05) is 0 Å². The van der Waals surface area contributed by atoms with Crippen LogP contribution in [0.3, 0.4) is 0 Å². The number of rotatable bonds is 7. The van der Waals surface area contributed by atoms with Crippen LogP contribution in [0.15, 0.2) is 64.3 Å². The average Bonchev–Trinajstić information content (AvgIpc) is 3.54. The van der Waals surface area contributed by atoms with Crippen LogP contribution in [0.2, 0.25) is 0 Å². The molecular formula is C27H22N2O7S. The smallest absolute Gasteiger partial charge is 0.296 e. The third-order valence-electron chi connectivity index (χ3n) is 6.01. The maximum absolute atomic E-state index is 13.7. The second kappa shape index (κ2) is 9.21. The number of anilines is 1. The van der Waals surface area contributed by atoms with Crippen molar-refractivity contribution in [3.63, 3.8) is 0 Å². The van der Waals surface area contributed by atoms with Crippen LogP contribution in [-0.2, 0) is 4.79 Å². The molecule has 1 atom stereocenters. The largest absolute Gasteiger partial charge is 0.504 e. The van der Waals surface area contributed by atoms with Crippen LogP contribution in [0.1, 0.15) is 51.4 Å². The number of hydrogen-bond donors (Lipinski definition) is 2. The lowest BCUT2D eigenvalue weighted by Crippen LogP contribution is -2.31. The number of nitrogens with zero attached hydrogens (tertiary/aromatic N) is 2. The topological polar surface area (TPSA) is 130 Å². The predicted molar refractivity (Wildman–Crippen MR) is 137 cm³/mol. The highest BCUT2D eigenvalue weighted by atomic mass is 32.1. The Bertz CT molecular complexity index is 1580. The summed E-state index contributed by atoms with van der Waals surface area (Å²) in [5.74, 6) is -2.52. The van der Waals surface area contributed by atoms with Gasteiger partial charge in [0.05, 0.1) is 28.8 Å². The van der Waals surface area contributed by atoms with E-state index in [9.17, 15) is 24.6 Å². The first-order valence-corrected chi connectivity index (χ1v) is 12.3. The van der Waals surface area contributed by atoms with Crippen LogP contribution < -0.4 is 9.64 Å². The number of carbonyl (C=O) groups is 3. The summed E-state index contributed by atoms with van der Waals surface area (Å²) in [5, 5.41) is 22.1. The number of phenols is 1. The molecular weight excluding hydrogens is 496 g/mol. The highest BCUT2D eigenvalue weighted by Crippen LogP contribution is 2.45. The number of amides is 1. The maximum Gasteiger partial charge on any atom is 0.296 e. The summed E-state index contributed by atoms with van der Waals surface area (Å²) >= 11 is 0.991. The Balaban J connectivity index is 1.69. The molecule has 0 radical (unpaired) electrons. The Hall–Kier alpha value is -4.44. The first-order valence-electron chi connectivity index (χ1n) is 11.4. The fraction of sp³-hybridized carbons (Fsp3) is 0.185. The van der Waals surface area contributed by atoms with Crippen LogP contribution in [-0.4, -0.2) is 39.3 Å². The Labute approximate surface area is 215 Å². The molecule has 0 saturated heterocycles. The maximum atomic E-state index is 13.7. The molecule has 2 aromatic heterocycles. The van der Waals surface area contributed by atoms with Gasteiger partial charge in [-0.05, 0) is 43.7 Å². The molecule has 1 aliphatic rings. The number of aliphatic hydroxyl groups is 1. The highest BCUT2D eigenvalue weighted by Gasteiger charge is 2.47. The van der Waals surface area contributed by atoms with E-state index in [2.05, 4.69) is 4.98 Å². The first-order chi connectivity index (χ1) is 17.7. The number of aromatic hydroxyl groups is 1. The van der Waals surface area contributed by atoms with E-state index in [1.165, 1.54) is 30.0 Å². The second-order valence-electron chi connectivity index (χ2n) is 8.44. The second-order valence-corrected chi connectivity index (χ2v) is 9.42. The van der Waals surface area contributed by atoms with Crippen molar-refractivity contribution in [3.05, 3.63) is 81.8 Å². The van der Waals surface area contributed by atoms with Crippen molar-refractivity contribution < 1.29 is 33.8 Å². The Morgan fingerprint density at radius 3 is 2.59 bits per heavy atom. The van der Waals surface area contributed by atoms with Gasteiger partial charge in [0.25, 0.3) is 5.91 Å². The number of Topliss-reactive ketones (excluding diaryl/α,β-unsaturated/α-hetero) is 2. The predicted octanol–water partition coefficient (Wildman–Crippen LogP) is 5.29. The van der Waals surface area contributed by atoms with Crippen LogP contribution in [0.5, 0.6) is 11.5 Å². The van der Waals surface area contributed by atoms with Gasteiger partial charge in [0.1, 0.15) is 5.58 Å². The van der Waals surface area contributed by atoms with E-state index in [0.717, 1.165) is 11.3 Å². The fourth-order valence-corrected chi connectivity index (χ4v) is 5.35. The van der Waals surface area contributed by atoms with Crippen LogP contribution in [0.25, 0.3) is 11.0 Å². The molecule has 3 heterocycles. The molecule has 0 fully saturated rings. The lowest BCUT2D eigenvalue weighted by Gasteiger charge is -2.24. The SMILES string of the molecule is CCOc1cc([C@H]2C(C(=O)c3cc4ccccc4o3)=C(O)C(=O)N2c2nc(C)c(C(C)=O)s2)ccc1O. The number of carbonyl (C=O) groups excluding carboxylic acids is 3. The minimum absolute atomic E-state index is 0.0500. The van der Waals surface area contributed by atoms with Crippen LogP contribution in [0, 0.1) is 6.92 Å². The molecule has 188 valence electrons. The van der Waals surface area contributed by atoms with Crippen molar-refractivity contribution in [3.8, 4) is 11.5 Å². The number of phenolic OH excluding ortho intramolecular Hbond substituents is 1. The van der Waals surface area contributed by atoms with Gasteiger partial charge in [-0.25, -0.2) is 4.98 Å². The number of aryl methyl sites for hydroxylation is 1. The third-order valence-corrected chi connectivity index (χ3v) is 7.27. The molecule has 2 N–H and O–H groups in total. The molecule has 1 aliphatic heterocycles. The normalized spacial score (nSPS) is 15.6. The molecule has 0 aliphatic carbocycles. The number of aliphatic hydroxyl groups excluding tert-OH is 1. The first kappa shape index (κ1) is 24.3.